The van der Waals surface area contributed by atoms with Crippen LogP contribution in [-0.4, -0.2) is 16.3 Å². The summed E-state index contributed by atoms with van der Waals surface area (Å²) in [5, 5.41) is 7.55. The summed E-state index contributed by atoms with van der Waals surface area (Å²) < 4.78 is 30.4. The second-order valence-electron chi connectivity index (χ2n) is 5.14. The van der Waals surface area contributed by atoms with Crippen LogP contribution in [0.1, 0.15) is 42.3 Å². The molecule has 1 aromatic carbocycles. The molecule has 0 bridgehead atoms. The maximum Gasteiger partial charge on any atom is 0.134 e. The Labute approximate surface area is 124 Å². The van der Waals surface area contributed by atoms with Gasteiger partial charge in [0.25, 0.3) is 0 Å². The molecule has 0 fully saturated rings. The molecule has 0 saturated carbocycles. The van der Waals surface area contributed by atoms with E-state index in [0.29, 0.717) is 18.5 Å². The average molecular weight is 293 g/mol. The highest BCUT2D eigenvalue weighted by atomic mass is 19.1. The molecule has 1 atom stereocenters. The highest BCUT2D eigenvalue weighted by Crippen LogP contribution is 2.30. The highest BCUT2D eigenvalue weighted by Gasteiger charge is 2.25. The van der Waals surface area contributed by atoms with Crippen LogP contribution in [0.3, 0.4) is 0 Å². The summed E-state index contributed by atoms with van der Waals surface area (Å²) in [6.07, 6.45) is 2.54. The van der Waals surface area contributed by atoms with Crippen molar-refractivity contribution < 1.29 is 8.78 Å². The molecule has 1 aromatic heterocycles. The first-order chi connectivity index (χ1) is 9.99. The number of nitrogens with one attached hydrogen (secondary N) is 1. The maximum absolute atomic E-state index is 14.5. The Bertz CT molecular complexity index is 635. The van der Waals surface area contributed by atoms with Crippen LogP contribution >= 0.6 is 0 Å². The van der Waals surface area contributed by atoms with Gasteiger partial charge in [-0.25, -0.2) is 8.78 Å². The first kappa shape index (κ1) is 15.6. The van der Waals surface area contributed by atoms with Gasteiger partial charge in [-0.3, -0.25) is 4.68 Å². The molecular weight excluding hydrogens is 272 g/mol. The molecule has 0 aliphatic carbocycles. The van der Waals surface area contributed by atoms with E-state index in [1.807, 2.05) is 27.1 Å². The van der Waals surface area contributed by atoms with Crippen molar-refractivity contribution in [2.75, 3.05) is 6.54 Å². The summed E-state index contributed by atoms with van der Waals surface area (Å²) in [4.78, 5) is 0. The molecule has 1 unspecified atom stereocenters. The summed E-state index contributed by atoms with van der Waals surface area (Å²) in [5.74, 6) is -1.03. The van der Waals surface area contributed by atoms with Crippen molar-refractivity contribution in [3.8, 4) is 0 Å². The fourth-order valence-electron chi connectivity index (χ4n) is 2.58. The Balaban J connectivity index is 2.61. The average Bonchev–Trinajstić information content (AvgIpc) is 2.83. The van der Waals surface area contributed by atoms with Crippen LogP contribution in [0.15, 0.2) is 18.3 Å². The first-order valence-electron chi connectivity index (χ1n) is 7.19. The maximum atomic E-state index is 14.5. The zero-order valence-corrected chi connectivity index (χ0v) is 12.9. The van der Waals surface area contributed by atoms with E-state index < -0.39 is 17.7 Å². The first-order valence-corrected chi connectivity index (χ1v) is 7.19. The standard InChI is InChI=1S/C16H21F2N3/c1-5-13-11(9-21(4)20-13)16(19-6-2)14-12(17)8-7-10(3)15(14)18/h7-9,16,19H,5-6H2,1-4H3. The molecule has 0 aliphatic heterocycles. The van der Waals surface area contributed by atoms with Crippen LogP contribution < -0.4 is 5.32 Å². The fourth-order valence-corrected chi connectivity index (χ4v) is 2.58. The number of hydrogen-bond acceptors (Lipinski definition) is 2. The van der Waals surface area contributed by atoms with E-state index in [0.717, 1.165) is 11.3 Å². The van der Waals surface area contributed by atoms with Gasteiger partial charge in [-0.2, -0.15) is 5.10 Å². The Hall–Kier alpha value is -1.75. The van der Waals surface area contributed by atoms with E-state index in [9.17, 15) is 8.78 Å². The van der Waals surface area contributed by atoms with Crippen molar-refractivity contribution >= 4 is 0 Å². The number of aryl methyl sites for hydroxylation is 3. The minimum Gasteiger partial charge on any atom is -0.306 e. The number of hydrogen-bond donors (Lipinski definition) is 1. The quantitative estimate of drug-likeness (QED) is 0.917. The molecule has 21 heavy (non-hydrogen) atoms. The lowest BCUT2D eigenvalue weighted by molar-refractivity contribution is 0.505. The number of aromatic nitrogens is 2. The lowest BCUT2D eigenvalue weighted by Crippen LogP contribution is -2.25. The van der Waals surface area contributed by atoms with Crippen LogP contribution in [0.4, 0.5) is 8.78 Å². The van der Waals surface area contributed by atoms with E-state index in [-0.39, 0.29) is 5.56 Å². The lowest BCUT2D eigenvalue weighted by Gasteiger charge is -2.20. The predicted molar refractivity (Wildman–Crippen MR) is 79.2 cm³/mol. The Morgan fingerprint density at radius 2 is 2.00 bits per heavy atom. The lowest BCUT2D eigenvalue weighted by atomic mass is 9.95. The van der Waals surface area contributed by atoms with Gasteiger partial charge in [0.2, 0.25) is 0 Å². The van der Waals surface area contributed by atoms with Crippen LogP contribution in [0.2, 0.25) is 0 Å². The predicted octanol–water partition coefficient (Wildman–Crippen LogP) is 3.27. The number of rotatable bonds is 5. The summed E-state index contributed by atoms with van der Waals surface area (Å²) in [6, 6.07) is 2.25. The zero-order valence-electron chi connectivity index (χ0n) is 12.9. The van der Waals surface area contributed by atoms with Gasteiger partial charge in [-0.05, 0) is 31.5 Å². The number of nitrogens with zero attached hydrogens (tertiary/aromatic N) is 2. The van der Waals surface area contributed by atoms with Crippen LogP contribution in [0, 0.1) is 18.6 Å². The molecule has 0 spiro atoms. The summed E-state index contributed by atoms with van der Waals surface area (Å²) >= 11 is 0. The molecule has 0 radical (unpaired) electrons. The Morgan fingerprint density at radius 1 is 1.29 bits per heavy atom. The Kier molecular flexibility index (Phi) is 4.73. The third-order valence-corrected chi connectivity index (χ3v) is 3.60. The largest absolute Gasteiger partial charge is 0.306 e. The molecule has 0 aliphatic rings. The molecule has 0 amide bonds. The summed E-state index contributed by atoms with van der Waals surface area (Å²) in [6.45, 7) is 6.15. The fraction of sp³-hybridized carbons (Fsp3) is 0.438. The van der Waals surface area contributed by atoms with E-state index in [4.69, 9.17) is 0 Å². The minimum absolute atomic E-state index is 0.0690. The van der Waals surface area contributed by atoms with Gasteiger partial charge in [-0.15, -0.1) is 0 Å². The van der Waals surface area contributed by atoms with Gasteiger partial charge in [0.15, 0.2) is 0 Å². The molecule has 5 heteroatoms. The molecule has 2 rings (SSSR count). The SMILES string of the molecule is CCNC(c1cn(C)nc1CC)c1c(F)ccc(C)c1F. The second kappa shape index (κ2) is 6.35. The zero-order chi connectivity index (χ0) is 15.6. The van der Waals surface area contributed by atoms with Gasteiger partial charge in [0, 0.05) is 24.4 Å². The summed E-state index contributed by atoms with van der Waals surface area (Å²) in [5.41, 5.74) is 2.18. The normalized spacial score (nSPS) is 12.7. The third-order valence-electron chi connectivity index (χ3n) is 3.60. The minimum atomic E-state index is -0.532. The summed E-state index contributed by atoms with van der Waals surface area (Å²) in [7, 11) is 1.81. The van der Waals surface area contributed by atoms with Crippen molar-refractivity contribution in [2.45, 2.75) is 33.2 Å². The number of halogens is 2. The van der Waals surface area contributed by atoms with Crippen molar-refractivity contribution in [1.82, 2.24) is 15.1 Å². The molecular formula is C16H21F2N3. The molecule has 114 valence electrons. The van der Waals surface area contributed by atoms with Gasteiger partial charge in [0.05, 0.1) is 11.7 Å². The molecule has 0 saturated heterocycles. The molecule has 1 heterocycles. The third kappa shape index (κ3) is 2.97. The smallest absolute Gasteiger partial charge is 0.134 e. The topological polar surface area (TPSA) is 29.9 Å². The van der Waals surface area contributed by atoms with Crippen LogP contribution in [-0.2, 0) is 13.5 Å². The van der Waals surface area contributed by atoms with Gasteiger partial charge < -0.3 is 5.32 Å². The molecule has 1 N–H and O–H groups in total. The second-order valence-corrected chi connectivity index (χ2v) is 5.14. The van der Waals surface area contributed by atoms with Crippen LogP contribution in [0.5, 0.6) is 0 Å². The van der Waals surface area contributed by atoms with E-state index in [1.165, 1.54) is 12.1 Å². The van der Waals surface area contributed by atoms with Crippen LogP contribution in [0.25, 0.3) is 0 Å². The van der Waals surface area contributed by atoms with Gasteiger partial charge in [0.1, 0.15) is 11.6 Å². The highest BCUT2D eigenvalue weighted by molar-refractivity contribution is 5.37. The Morgan fingerprint density at radius 3 is 2.62 bits per heavy atom. The van der Waals surface area contributed by atoms with Crippen molar-refractivity contribution in [2.24, 2.45) is 7.05 Å². The van der Waals surface area contributed by atoms with Crippen molar-refractivity contribution in [1.29, 1.82) is 0 Å². The van der Waals surface area contributed by atoms with Crippen molar-refractivity contribution in [3.63, 3.8) is 0 Å². The van der Waals surface area contributed by atoms with Gasteiger partial charge in [-0.1, -0.05) is 19.9 Å². The monoisotopic (exact) mass is 293 g/mol. The van der Waals surface area contributed by atoms with E-state index in [2.05, 4.69) is 10.4 Å². The van der Waals surface area contributed by atoms with E-state index in [1.54, 1.807) is 11.6 Å². The number of benzene rings is 1. The van der Waals surface area contributed by atoms with Crippen molar-refractivity contribution in [3.05, 3.63) is 52.3 Å². The molecule has 3 nitrogen and oxygen atoms in total. The van der Waals surface area contributed by atoms with E-state index >= 15 is 0 Å². The molecule has 2 aromatic rings. The van der Waals surface area contributed by atoms with Gasteiger partial charge >= 0.3 is 0 Å².